The minimum absolute atomic E-state index is 0.132. The first-order valence-electron chi connectivity index (χ1n) is 9.05. The standard InChI is InChI=1S/C20H17F3N4O2/c21-20(22,23)29-16-9-5-4-6-14(16)12-24-19(28)17-18(13-10-11-13)27(26-25-17)15-7-2-1-3-8-15/h1-9,13H,10-12H2,(H,24,28). The number of alkyl halides is 3. The van der Waals surface area contributed by atoms with E-state index < -0.39 is 12.3 Å². The first-order chi connectivity index (χ1) is 13.9. The summed E-state index contributed by atoms with van der Waals surface area (Å²) in [6.07, 6.45) is -2.94. The molecule has 150 valence electrons. The summed E-state index contributed by atoms with van der Waals surface area (Å²) >= 11 is 0. The van der Waals surface area contributed by atoms with Crippen LogP contribution in [-0.4, -0.2) is 27.3 Å². The normalized spacial score (nSPS) is 13.9. The van der Waals surface area contributed by atoms with E-state index in [0.717, 1.165) is 18.5 Å². The van der Waals surface area contributed by atoms with E-state index in [2.05, 4.69) is 20.4 Å². The number of hydrogen-bond donors (Lipinski definition) is 1. The summed E-state index contributed by atoms with van der Waals surface area (Å²) in [6, 6.07) is 15.0. The van der Waals surface area contributed by atoms with Crippen molar-refractivity contribution in [2.45, 2.75) is 31.7 Å². The Hall–Kier alpha value is -3.36. The molecule has 1 N–H and O–H groups in total. The molecule has 1 fully saturated rings. The van der Waals surface area contributed by atoms with Crippen LogP contribution in [0.4, 0.5) is 13.2 Å². The van der Waals surface area contributed by atoms with Crippen LogP contribution in [0.2, 0.25) is 0 Å². The maximum Gasteiger partial charge on any atom is 0.573 e. The number of halogens is 3. The van der Waals surface area contributed by atoms with E-state index in [9.17, 15) is 18.0 Å². The van der Waals surface area contributed by atoms with Crippen LogP contribution in [0.3, 0.4) is 0 Å². The van der Waals surface area contributed by atoms with Crippen LogP contribution in [0.5, 0.6) is 5.75 Å². The number of benzene rings is 2. The van der Waals surface area contributed by atoms with Gasteiger partial charge in [-0.05, 0) is 31.0 Å². The number of carbonyl (C=O) groups excluding carboxylic acids is 1. The van der Waals surface area contributed by atoms with Gasteiger partial charge in [0.2, 0.25) is 0 Å². The van der Waals surface area contributed by atoms with Crippen molar-refractivity contribution in [1.82, 2.24) is 20.3 Å². The highest BCUT2D eigenvalue weighted by molar-refractivity contribution is 5.93. The second kappa shape index (κ2) is 7.57. The molecule has 1 aliphatic rings. The smallest absolute Gasteiger partial charge is 0.405 e. The molecule has 3 aromatic rings. The summed E-state index contributed by atoms with van der Waals surface area (Å²) in [6.45, 7) is -0.132. The second-order valence-electron chi connectivity index (χ2n) is 6.68. The first kappa shape index (κ1) is 19.0. The van der Waals surface area contributed by atoms with Gasteiger partial charge in [-0.1, -0.05) is 41.6 Å². The SMILES string of the molecule is O=C(NCc1ccccc1OC(F)(F)F)c1nnn(-c2ccccc2)c1C1CC1. The highest BCUT2D eigenvalue weighted by Gasteiger charge is 2.34. The lowest BCUT2D eigenvalue weighted by Gasteiger charge is -2.13. The van der Waals surface area contributed by atoms with Gasteiger partial charge in [-0.25, -0.2) is 4.68 Å². The lowest BCUT2D eigenvalue weighted by molar-refractivity contribution is -0.274. The average Bonchev–Trinajstić information content (AvgIpc) is 3.44. The molecule has 2 aromatic carbocycles. The molecule has 1 amide bonds. The van der Waals surface area contributed by atoms with Crippen molar-refractivity contribution in [3.8, 4) is 11.4 Å². The zero-order valence-electron chi connectivity index (χ0n) is 15.2. The molecule has 0 unspecified atom stereocenters. The molecule has 9 heteroatoms. The van der Waals surface area contributed by atoms with Crippen LogP contribution in [0, 0.1) is 0 Å². The third-order valence-corrected chi connectivity index (χ3v) is 4.52. The predicted molar refractivity (Wildman–Crippen MR) is 97.6 cm³/mol. The average molecular weight is 402 g/mol. The van der Waals surface area contributed by atoms with Crippen molar-refractivity contribution in [3.05, 3.63) is 71.5 Å². The zero-order valence-corrected chi connectivity index (χ0v) is 15.2. The number of ether oxygens (including phenoxy) is 1. The van der Waals surface area contributed by atoms with Crippen LogP contribution < -0.4 is 10.1 Å². The number of nitrogens with zero attached hydrogens (tertiary/aromatic N) is 3. The van der Waals surface area contributed by atoms with Crippen molar-refractivity contribution in [3.63, 3.8) is 0 Å². The van der Waals surface area contributed by atoms with Gasteiger partial charge >= 0.3 is 6.36 Å². The molecule has 1 saturated carbocycles. The van der Waals surface area contributed by atoms with E-state index in [1.165, 1.54) is 18.2 Å². The lowest BCUT2D eigenvalue weighted by atomic mass is 10.1. The molecule has 0 radical (unpaired) electrons. The van der Waals surface area contributed by atoms with Gasteiger partial charge in [0.25, 0.3) is 5.91 Å². The Kier molecular flexibility index (Phi) is 4.96. The van der Waals surface area contributed by atoms with Gasteiger partial charge in [-0.2, -0.15) is 0 Å². The molecule has 29 heavy (non-hydrogen) atoms. The highest BCUT2D eigenvalue weighted by Crippen LogP contribution is 2.42. The Balaban J connectivity index is 1.54. The van der Waals surface area contributed by atoms with Gasteiger partial charge in [-0.3, -0.25) is 4.79 Å². The van der Waals surface area contributed by atoms with Crippen LogP contribution in [0.1, 0.15) is 40.5 Å². The fourth-order valence-electron chi connectivity index (χ4n) is 3.07. The molecule has 1 aromatic heterocycles. The lowest BCUT2D eigenvalue weighted by Crippen LogP contribution is -2.25. The third kappa shape index (κ3) is 4.39. The second-order valence-corrected chi connectivity index (χ2v) is 6.68. The van der Waals surface area contributed by atoms with Gasteiger partial charge in [0.1, 0.15) is 5.75 Å². The summed E-state index contributed by atoms with van der Waals surface area (Å²) in [5.41, 5.74) is 1.91. The van der Waals surface area contributed by atoms with E-state index >= 15 is 0 Å². The Morgan fingerprint density at radius 3 is 2.48 bits per heavy atom. The summed E-state index contributed by atoms with van der Waals surface area (Å²) in [4.78, 5) is 12.7. The molecular formula is C20H17F3N4O2. The predicted octanol–water partition coefficient (Wildman–Crippen LogP) is 3.97. The number of amides is 1. The van der Waals surface area contributed by atoms with Gasteiger partial charge in [0.05, 0.1) is 11.4 Å². The number of aromatic nitrogens is 3. The largest absolute Gasteiger partial charge is 0.573 e. The molecule has 0 aliphatic heterocycles. The number of rotatable bonds is 6. The minimum Gasteiger partial charge on any atom is -0.405 e. The van der Waals surface area contributed by atoms with E-state index in [1.807, 2.05) is 30.3 Å². The molecule has 0 saturated heterocycles. The number of hydrogen-bond acceptors (Lipinski definition) is 4. The van der Waals surface area contributed by atoms with Crippen LogP contribution in [0.15, 0.2) is 54.6 Å². The maximum absolute atomic E-state index is 12.7. The van der Waals surface area contributed by atoms with E-state index in [-0.39, 0.29) is 29.5 Å². The summed E-state index contributed by atoms with van der Waals surface area (Å²) in [5, 5.41) is 10.8. The Labute approximate surface area is 164 Å². The van der Waals surface area contributed by atoms with Crippen LogP contribution in [-0.2, 0) is 6.54 Å². The first-order valence-corrected chi connectivity index (χ1v) is 9.05. The Bertz CT molecular complexity index is 1010. The fourth-order valence-corrected chi connectivity index (χ4v) is 3.07. The third-order valence-electron chi connectivity index (χ3n) is 4.52. The number of para-hydroxylation sites is 2. The van der Waals surface area contributed by atoms with Crippen molar-refractivity contribution < 1.29 is 22.7 Å². The van der Waals surface area contributed by atoms with E-state index in [0.29, 0.717) is 5.69 Å². The van der Waals surface area contributed by atoms with E-state index in [4.69, 9.17) is 0 Å². The van der Waals surface area contributed by atoms with E-state index in [1.54, 1.807) is 10.7 Å². The zero-order chi connectivity index (χ0) is 20.4. The molecule has 0 spiro atoms. The Morgan fingerprint density at radius 2 is 1.79 bits per heavy atom. The molecule has 0 bridgehead atoms. The fraction of sp³-hybridized carbons (Fsp3) is 0.250. The van der Waals surface area contributed by atoms with Gasteiger partial charge < -0.3 is 10.1 Å². The molecule has 4 rings (SSSR count). The highest BCUT2D eigenvalue weighted by atomic mass is 19.4. The van der Waals surface area contributed by atoms with Crippen molar-refractivity contribution >= 4 is 5.91 Å². The summed E-state index contributed by atoms with van der Waals surface area (Å²) in [5.74, 6) is -0.654. The molecule has 0 atom stereocenters. The molecule has 1 heterocycles. The maximum atomic E-state index is 12.7. The van der Waals surface area contributed by atoms with Gasteiger partial charge in [-0.15, -0.1) is 18.3 Å². The van der Waals surface area contributed by atoms with Gasteiger partial charge in [0.15, 0.2) is 5.69 Å². The molecular weight excluding hydrogens is 385 g/mol. The van der Waals surface area contributed by atoms with Crippen molar-refractivity contribution in [1.29, 1.82) is 0 Å². The monoisotopic (exact) mass is 402 g/mol. The van der Waals surface area contributed by atoms with Crippen LogP contribution in [0.25, 0.3) is 5.69 Å². The summed E-state index contributed by atoms with van der Waals surface area (Å²) < 4.78 is 43.4. The topological polar surface area (TPSA) is 69.0 Å². The van der Waals surface area contributed by atoms with Gasteiger partial charge in [0, 0.05) is 18.0 Å². The Morgan fingerprint density at radius 1 is 1.10 bits per heavy atom. The number of carbonyl (C=O) groups is 1. The van der Waals surface area contributed by atoms with Crippen molar-refractivity contribution in [2.75, 3.05) is 0 Å². The molecule has 6 nitrogen and oxygen atoms in total. The quantitative estimate of drug-likeness (QED) is 0.677. The molecule has 1 aliphatic carbocycles. The minimum atomic E-state index is -4.81. The van der Waals surface area contributed by atoms with Crippen LogP contribution >= 0.6 is 0 Å². The van der Waals surface area contributed by atoms with Crippen molar-refractivity contribution in [2.24, 2.45) is 0 Å². The number of nitrogens with one attached hydrogen (secondary N) is 1. The summed E-state index contributed by atoms with van der Waals surface area (Å²) in [7, 11) is 0.